The Labute approximate surface area is 262 Å². The molecule has 232 valence electrons. The standard InChI is InChI=1S/C34H34N4O6S/c1-42-28-15-13-27(14-16-28)38-31(23-30(37-38)24-12-17-32-33(22-24)44-20-19-43-32)25-7-5-8-26(21-25)36-34(39)11-6-18-35-45(40,41)29-9-3-2-4-10-29/h2-5,7-10,12-17,21-22,31,35H,6,11,18-20,23H2,1H3,(H,36,39). The highest BCUT2D eigenvalue weighted by molar-refractivity contribution is 7.89. The molecule has 2 aliphatic heterocycles. The molecule has 0 spiro atoms. The molecule has 2 N–H and O–H groups in total. The third kappa shape index (κ3) is 7.11. The van der Waals surface area contributed by atoms with E-state index in [1.807, 2.05) is 71.7 Å². The number of hydrazone groups is 1. The summed E-state index contributed by atoms with van der Waals surface area (Å²) in [4.78, 5) is 13.0. The molecule has 0 bridgehead atoms. The van der Waals surface area contributed by atoms with Crippen LogP contribution in [-0.2, 0) is 14.8 Å². The zero-order valence-electron chi connectivity index (χ0n) is 24.8. The zero-order valence-corrected chi connectivity index (χ0v) is 25.6. The van der Waals surface area contributed by atoms with Crippen molar-refractivity contribution in [2.45, 2.75) is 30.2 Å². The Morgan fingerprint density at radius 2 is 1.71 bits per heavy atom. The Balaban J connectivity index is 1.15. The molecule has 1 amide bonds. The number of amides is 1. The van der Waals surface area contributed by atoms with E-state index in [0.29, 0.717) is 37.5 Å². The third-order valence-corrected chi connectivity index (χ3v) is 9.08. The first-order valence-electron chi connectivity index (χ1n) is 14.7. The highest BCUT2D eigenvalue weighted by atomic mass is 32.2. The SMILES string of the molecule is COc1ccc(N2N=C(c3ccc4c(c3)OCCO4)CC2c2cccc(NC(=O)CCCNS(=O)(=O)c3ccccc3)c2)cc1. The number of carbonyl (C=O) groups is 1. The van der Waals surface area contributed by atoms with Gasteiger partial charge in [0, 0.05) is 30.6 Å². The first kappa shape index (κ1) is 30.2. The average Bonchev–Trinajstić information content (AvgIpc) is 3.53. The molecule has 4 aromatic rings. The van der Waals surface area contributed by atoms with Crippen molar-refractivity contribution in [3.63, 3.8) is 0 Å². The lowest BCUT2D eigenvalue weighted by Crippen LogP contribution is -2.25. The van der Waals surface area contributed by atoms with E-state index in [0.717, 1.165) is 34.0 Å². The smallest absolute Gasteiger partial charge is 0.240 e. The van der Waals surface area contributed by atoms with Crippen molar-refractivity contribution in [2.75, 3.05) is 37.2 Å². The van der Waals surface area contributed by atoms with Crippen molar-refractivity contribution < 1.29 is 27.4 Å². The fourth-order valence-corrected chi connectivity index (χ4v) is 6.42. The fraction of sp³-hybridized carbons (Fsp3) is 0.235. The number of methoxy groups -OCH3 is 1. The van der Waals surface area contributed by atoms with Crippen molar-refractivity contribution in [3.05, 3.63) is 108 Å². The Kier molecular flexibility index (Phi) is 8.99. The summed E-state index contributed by atoms with van der Waals surface area (Å²) in [5.74, 6) is 1.99. The summed E-state index contributed by atoms with van der Waals surface area (Å²) in [6.07, 6.45) is 1.16. The Morgan fingerprint density at radius 1 is 0.933 bits per heavy atom. The van der Waals surface area contributed by atoms with Gasteiger partial charge in [0.25, 0.3) is 0 Å². The van der Waals surface area contributed by atoms with Crippen LogP contribution < -0.4 is 29.3 Å². The maximum atomic E-state index is 12.8. The second-order valence-corrected chi connectivity index (χ2v) is 12.4. The molecule has 11 heteroatoms. The Hall–Kier alpha value is -4.87. The van der Waals surface area contributed by atoms with Gasteiger partial charge in [-0.25, -0.2) is 13.1 Å². The molecular weight excluding hydrogens is 592 g/mol. The van der Waals surface area contributed by atoms with Crippen LogP contribution in [0.15, 0.2) is 107 Å². The lowest BCUT2D eigenvalue weighted by molar-refractivity contribution is -0.116. The first-order chi connectivity index (χ1) is 21.9. The highest BCUT2D eigenvalue weighted by Gasteiger charge is 2.31. The van der Waals surface area contributed by atoms with Gasteiger partial charge >= 0.3 is 0 Å². The zero-order chi connectivity index (χ0) is 31.2. The number of hydrogen-bond donors (Lipinski definition) is 2. The second kappa shape index (κ2) is 13.4. The summed E-state index contributed by atoms with van der Waals surface area (Å²) in [5.41, 5.74) is 4.40. The van der Waals surface area contributed by atoms with Crippen molar-refractivity contribution in [1.82, 2.24) is 4.72 Å². The van der Waals surface area contributed by atoms with Crippen LogP contribution in [0.25, 0.3) is 0 Å². The molecule has 1 unspecified atom stereocenters. The van der Waals surface area contributed by atoms with Crippen LogP contribution in [0.5, 0.6) is 17.2 Å². The van der Waals surface area contributed by atoms with Crippen LogP contribution >= 0.6 is 0 Å². The predicted octanol–water partition coefficient (Wildman–Crippen LogP) is 5.52. The molecular formula is C34H34N4O6S. The van der Waals surface area contributed by atoms with Crippen LogP contribution in [0.1, 0.15) is 36.4 Å². The van der Waals surface area contributed by atoms with Crippen LogP contribution in [0.4, 0.5) is 11.4 Å². The van der Waals surface area contributed by atoms with E-state index in [1.165, 1.54) is 12.1 Å². The summed E-state index contributed by atoms with van der Waals surface area (Å²) in [7, 11) is -1.98. The number of fused-ring (bicyclic) bond motifs is 1. The van der Waals surface area contributed by atoms with Crippen molar-refractivity contribution >= 4 is 33.0 Å². The van der Waals surface area contributed by atoms with Crippen LogP contribution in [0.3, 0.4) is 0 Å². The van der Waals surface area contributed by atoms with Gasteiger partial charge in [-0.2, -0.15) is 5.10 Å². The Bertz CT molecular complexity index is 1800. The molecule has 2 heterocycles. The molecule has 1 atom stereocenters. The topological polar surface area (TPSA) is 119 Å². The quantitative estimate of drug-likeness (QED) is 0.211. The number of carbonyl (C=O) groups excluding carboxylic acids is 1. The van der Waals surface area contributed by atoms with Crippen molar-refractivity contribution in [3.8, 4) is 17.2 Å². The van der Waals surface area contributed by atoms with Gasteiger partial charge in [-0.1, -0.05) is 30.3 Å². The van der Waals surface area contributed by atoms with Crippen LogP contribution in [0.2, 0.25) is 0 Å². The highest BCUT2D eigenvalue weighted by Crippen LogP contribution is 2.39. The average molecular weight is 627 g/mol. The monoisotopic (exact) mass is 626 g/mol. The van der Waals surface area contributed by atoms with E-state index in [1.54, 1.807) is 25.3 Å². The van der Waals surface area contributed by atoms with Gasteiger partial charge in [-0.15, -0.1) is 0 Å². The third-order valence-electron chi connectivity index (χ3n) is 7.60. The summed E-state index contributed by atoms with van der Waals surface area (Å²) < 4.78 is 44.3. The number of anilines is 2. The van der Waals surface area contributed by atoms with E-state index >= 15 is 0 Å². The van der Waals surface area contributed by atoms with E-state index in [9.17, 15) is 13.2 Å². The van der Waals surface area contributed by atoms with E-state index in [-0.39, 0.29) is 29.8 Å². The first-order valence-corrected chi connectivity index (χ1v) is 16.2. The normalized spacial score (nSPS) is 15.8. The number of nitrogens with one attached hydrogen (secondary N) is 2. The molecule has 0 saturated heterocycles. The van der Waals surface area contributed by atoms with Crippen molar-refractivity contribution in [1.29, 1.82) is 0 Å². The van der Waals surface area contributed by atoms with Crippen LogP contribution in [-0.4, -0.2) is 46.9 Å². The molecule has 4 aromatic carbocycles. The lowest BCUT2D eigenvalue weighted by Gasteiger charge is -2.24. The molecule has 45 heavy (non-hydrogen) atoms. The Morgan fingerprint density at radius 3 is 2.49 bits per heavy atom. The van der Waals surface area contributed by atoms with Crippen LogP contribution in [0, 0.1) is 0 Å². The number of rotatable bonds is 11. The van der Waals surface area contributed by atoms with Gasteiger partial charge in [0.2, 0.25) is 15.9 Å². The number of benzene rings is 4. The maximum absolute atomic E-state index is 12.8. The van der Waals surface area contributed by atoms with E-state index in [4.69, 9.17) is 19.3 Å². The summed E-state index contributed by atoms with van der Waals surface area (Å²) >= 11 is 0. The molecule has 10 nitrogen and oxygen atoms in total. The molecule has 2 aliphatic rings. The molecule has 0 aliphatic carbocycles. The van der Waals surface area contributed by atoms with E-state index in [2.05, 4.69) is 10.0 Å². The van der Waals surface area contributed by atoms with Gasteiger partial charge in [-0.3, -0.25) is 9.80 Å². The van der Waals surface area contributed by atoms with E-state index < -0.39 is 10.0 Å². The van der Waals surface area contributed by atoms with Gasteiger partial charge < -0.3 is 19.5 Å². The minimum absolute atomic E-state index is 0.133. The fourth-order valence-electron chi connectivity index (χ4n) is 5.33. The predicted molar refractivity (Wildman–Crippen MR) is 173 cm³/mol. The minimum atomic E-state index is -3.61. The second-order valence-electron chi connectivity index (χ2n) is 10.7. The van der Waals surface area contributed by atoms with Gasteiger partial charge in [-0.05, 0) is 78.7 Å². The molecule has 0 fully saturated rings. The number of hydrogen-bond acceptors (Lipinski definition) is 8. The summed E-state index contributed by atoms with van der Waals surface area (Å²) in [5, 5.41) is 10.00. The van der Waals surface area contributed by atoms with Gasteiger partial charge in [0.15, 0.2) is 11.5 Å². The molecule has 0 radical (unpaired) electrons. The molecule has 0 saturated carbocycles. The number of ether oxygens (including phenoxy) is 3. The van der Waals surface area contributed by atoms with Gasteiger partial charge in [0.05, 0.1) is 29.4 Å². The largest absolute Gasteiger partial charge is 0.497 e. The minimum Gasteiger partial charge on any atom is -0.497 e. The number of sulfonamides is 1. The maximum Gasteiger partial charge on any atom is 0.240 e. The lowest BCUT2D eigenvalue weighted by atomic mass is 9.97. The summed E-state index contributed by atoms with van der Waals surface area (Å²) in [6, 6.07) is 29.4. The molecule has 6 rings (SSSR count). The van der Waals surface area contributed by atoms with Crippen molar-refractivity contribution in [2.24, 2.45) is 5.10 Å². The van der Waals surface area contributed by atoms with Gasteiger partial charge in [0.1, 0.15) is 19.0 Å². The number of nitrogens with zero attached hydrogens (tertiary/aromatic N) is 2. The molecule has 0 aromatic heterocycles. The summed E-state index contributed by atoms with van der Waals surface area (Å²) in [6.45, 7) is 1.19.